The Morgan fingerprint density at radius 1 is 1.33 bits per heavy atom. The minimum absolute atomic E-state index is 0.301. The standard InChI is InChI=1S/C13H13F2N3/c14-9-3-1-8(2-4-9)12(16)13-11-5-10(15)6-18(11)7-17-13/h1-4,7,10,12H,5-6,16H2/t10-,12?/m1/s1. The molecule has 3 rings (SSSR count). The number of halogens is 2. The third-order valence-electron chi connectivity index (χ3n) is 3.31. The molecule has 0 fully saturated rings. The molecule has 0 aliphatic carbocycles. The van der Waals surface area contributed by atoms with Crippen molar-refractivity contribution in [2.45, 2.75) is 25.2 Å². The van der Waals surface area contributed by atoms with Crippen LogP contribution in [0.25, 0.3) is 0 Å². The second-order valence-corrected chi connectivity index (χ2v) is 4.56. The van der Waals surface area contributed by atoms with E-state index >= 15 is 0 Å². The lowest BCUT2D eigenvalue weighted by Gasteiger charge is -2.11. The number of hydrogen-bond acceptors (Lipinski definition) is 2. The van der Waals surface area contributed by atoms with E-state index in [1.807, 2.05) is 0 Å². The molecule has 18 heavy (non-hydrogen) atoms. The Morgan fingerprint density at radius 2 is 2.06 bits per heavy atom. The average Bonchev–Trinajstić information content (AvgIpc) is 2.88. The molecule has 0 bridgehead atoms. The maximum absolute atomic E-state index is 13.3. The molecule has 5 heteroatoms. The summed E-state index contributed by atoms with van der Waals surface area (Å²) in [5.74, 6) is -0.301. The molecule has 1 unspecified atom stereocenters. The number of fused-ring (bicyclic) bond motifs is 1. The highest BCUT2D eigenvalue weighted by Gasteiger charge is 2.27. The molecule has 3 nitrogen and oxygen atoms in total. The largest absolute Gasteiger partial charge is 0.331 e. The lowest BCUT2D eigenvalue weighted by molar-refractivity contribution is 0.328. The minimum Gasteiger partial charge on any atom is -0.331 e. The van der Waals surface area contributed by atoms with Crippen LogP contribution >= 0.6 is 0 Å². The van der Waals surface area contributed by atoms with Crippen LogP contribution in [0.3, 0.4) is 0 Å². The van der Waals surface area contributed by atoms with Gasteiger partial charge in [-0.3, -0.25) is 0 Å². The van der Waals surface area contributed by atoms with E-state index in [0.717, 1.165) is 11.3 Å². The molecule has 1 aromatic carbocycles. The fraction of sp³-hybridized carbons (Fsp3) is 0.308. The third kappa shape index (κ3) is 1.80. The van der Waals surface area contributed by atoms with Crippen molar-refractivity contribution in [2.24, 2.45) is 5.73 Å². The lowest BCUT2D eigenvalue weighted by Crippen LogP contribution is -2.14. The zero-order chi connectivity index (χ0) is 12.7. The first-order chi connectivity index (χ1) is 8.65. The molecule has 1 aliphatic rings. The first-order valence-electron chi connectivity index (χ1n) is 5.84. The van der Waals surface area contributed by atoms with Crippen LogP contribution in [-0.2, 0) is 13.0 Å². The van der Waals surface area contributed by atoms with Gasteiger partial charge in [0, 0.05) is 12.1 Å². The zero-order valence-corrected chi connectivity index (χ0v) is 9.68. The van der Waals surface area contributed by atoms with E-state index in [0.29, 0.717) is 18.7 Å². The summed E-state index contributed by atoms with van der Waals surface area (Å²) in [6, 6.07) is 5.56. The average molecular weight is 249 g/mol. The fourth-order valence-electron chi connectivity index (χ4n) is 2.38. The number of nitrogens with two attached hydrogens (primary N) is 1. The van der Waals surface area contributed by atoms with Gasteiger partial charge in [0.15, 0.2) is 0 Å². The topological polar surface area (TPSA) is 43.8 Å². The Kier molecular flexibility index (Phi) is 2.63. The van der Waals surface area contributed by atoms with Crippen molar-refractivity contribution in [3.05, 3.63) is 53.4 Å². The van der Waals surface area contributed by atoms with Gasteiger partial charge in [0.25, 0.3) is 0 Å². The summed E-state index contributed by atoms with van der Waals surface area (Å²) in [5.41, 5.74) is 8.42. The molecule has 1 aromatic heterocycles. The Balaban J connectivity index is 1.94. The second-order valence-electron chi connectivity index (χ2n) is 4.56. The molecule has 0 amide bonds. The van der Waals surface area contributed by atoms with Gasteiger partial charge in [-0.15, -0.1) is 0 Å². The zero-order valence-electron chi connectivity index (χ0n) is 9.68. The summed E-state index contributed by atoms with van der Waals surface area (Å²) in [7, 11) is 0. The van der Waals surface area contributed by atoms with Gasteiger partial charge in [0.1, 0.15) is 12.0 Å². The molecule has 94 valence electrons. The predicted octanol–water partition coefficient (Wildman–Crippen LogP) is 1.96. The smallest absolute Gasteiger partial charge is 0.123 e. The predicted molar refractivity (Wildman–Crippen MR) is 63.3 cm³/mol. The Bertz CT molecular complexity index is 562. The Morgan fingerprint density at radius 3 is 2.78 bits per heavy atom. The van der Waals surface area contributed by atoms with Gasteiger partial charge < -0.3 is 10.3 Å². The van der Waals surface area contributed by atoms with Crippen molar-refractivity contribution in [3.8, 4) is 0 Å². The molecule has 2 heterocycles. The van der Waals surface area contributed by atoms with Gasteiger partial charge in [-0.1, -0.05) is 12.1 Å². The molecular weight excluding hydrogens is 236 g/mol. The van der Waals surface area contributed by atoms with Gasteiger partial charge in [0.05, 0.1) is 24.6 Å². The van der Waals surface area contributed by atoms with E-state index in [-0.39, 0.29) is 5.82 Å². The van der Waals surface area contributed by atoms with Crippen molar-refractivity contribution in [1.82, 2.24) is 9.55 Å². The van der Waals surface area contributed by atoms with Gasteiger partial charge in [-0.05, 0) is 17.7 Å². The van der Waals surface area contributed by atoms with Crippen LogP contribution < -0.4 is 5.73 Å². The number of hydrogen-bond donors (Lipinski definition) is 1. The normalized spacial score (nSPS) is 19.8. The lowest BCUT2D eigenvalue weighted by atomic mass is 10.0. The number of nitrogens with zero attached hydrogens (tertiary/aromatic N) is 2. The van der Waals surface area contributed by atoms with E-state index < -0.39 is 12.2 Å². The van der Waals surface area contributed by atoms with Crippen LogP contribution in [0.2, 0.25) is 0 Å². The first-order valence-corrected chi connectivity index (χ1v) is 5.84. The second kappa shape index (κ2) is 4.17. The van der Waals surface area contributed by atoms with Gasteiger partial charge in [-0.2, -0.15) is 0 Å². The maximum atomic E-state index is 13.3. The molecule has 0 radical (unpaired) electrons. The van der Waals surface area contributed by atoms with E-state index in [4.69, 9.17) is 5.73 Å². The number of aromatic nitrogens is 2. The Hall–Kier alpha value is -1.75. The summed E-state index contributed by atoms with van der Waals surface area (Å²) < 4.78 is 28.0. The summed E-state index contributed by atoms with van der Waals surface area (Å²) in [4.78, 5) is 4.25. The fourth-order valence-corrected chi connectivity index (χ4v) is 2.38. The molecule has 1 aliphatic heterocycles. The summed E-state index contributed by atoms with van der Waals surface area (Å²) in [6.07, 6.45) is 1.11. The molecule has 2 aromatic rings. The third-order valence-corrected chi connectivity index (χ3v) is 3.31. The van der Waals surface area contributed by atoms with Crippen molar-refractivity contribution in [3.63, 3.8) is 0 Å². The molecule has 0 spiro atoms. The summed E-state index contributed by atoms with van der Waals surface area (Å²) in [6.45, 7) is 0.346. The maximum Gasteiger partial charge on any atom is 0.123 e. The number of benzene rings is 1. The highest BCUT2D eigenvalue weighted by atomic mass is 19.1. The Labute approximate surface area is 103 Å². The van der Waals surface area contributed by atoms with Crippen LogP contribution in [0.4, 0.5) is 8.78 Å². The summed E-state index contributed by atoms with van der Waals surface area (Å²) in [5, 5.41) is 0. The van der Waals surface area contributed by atoms with E-state index in [1.54, 1.807) is 23.0 Å². The van der Waals surface area contributed by atoms with Gasteiger partial charge in [0.2, 0.25) is 0 Å². The minimum atomic E-state index is -0.859. The van der Waals surface area contributed by atoms with Crippen LogP contribution in [0.1, 0.15) is 23.0 Å². The SMILES string of the molecule is NC(c1ccc(F)cc1)c1ncn2c1C[C@@H](F)C2. The van der Waals surface area contributed by atoms with Crippen LogP contribution in [0.5, 0.6) is 0 Å². The molecule has 2 N–H and O–H groups in total. The van der Waals surface area contributed by atoms with Gasteiger partial charge >= 0.3 is 0 Å². The number of imidazole rings is 1. The van der Waals surface area contributed by atoms with Crippen LogP contribution in [-0.4, -0.2) is 15.7 Å². The van der Waals surface area contributed by atoms with Crippen molar-refractivity contribution < 1.29 is 8.78 Å². The van der Waals surface area contributed by atoms with Crippen LogP contribution in [0, 0.1) is 5.82 Å². The van der Waals surface area contributed by atoms with Crippen molar-refractivity contribution in [2.75, 3.05) is 0 Å². The quantitative estimate of drug-likeness (QED) is 0.884. The first kappa shape index (κ1) is 11.3. The molecular formula is C13H13F2N3. The number of rotatable bonds is 2. The van der Waals surface area contributed by atoms with Crippen molar-refractivity contribution >= 4 is 0 Å². The van der Waals surface area contributed by atoms with Gasteiger partial charge in [-0.25, -0.2) is 13.8 Å². The highest BCUT2D eigenvalue weighted by Crippen LogP contribution is 2.27. The molecule has 2 atom stereocenters. The van der Waals surface area contributed by atoms with Crippen molar-refractivity contribution in [1.29, 1.82) is 0 Å². The van der Waals surface area contributed by atoms with E-state index in [1.165, 1.54) is 12.1 Å². The van der Waals surface area contributed by atoms with E-state index in [2.05, 4.69) is 4.98 Å². The highest BCUT2D eigenvalue weighted by molar-refractivity contribution is 5.31. The molecule has 0 saturated heterocycles. The molecule has 0 saturated carbocycles. The number of alkyl halides is 1. The van der Waals surface area contributed by atoms with Crippen LogP contribution in [0.15, 0.2) is 30.6 Å². The van der Waals surface area contributed by atoms with E-state index in [9.17, 15) is 8.78 Å². The summed E-state index contributed by atoms with van der Waals surface area (Å²) >= 11 is 0. The monoisotopic (exact) mass is 249 g/mol.